The van der Waals surface area contributed by atoms with Crippen molar-refractivity contribution < 1.29 is 9.47 Å². The van der Waals surface area contributed by atoms with E-state index in [1.54, 1.807) is 18.4 Å². The molecule has 0 aliphatic rings. The first-order valence-corrected chi connectivity index (χ1v) is 7.16. The first kappa shape index (κ1) is 13.8. The highest BCUT2D eigenvalue weighted by Crippen LogP contribution is 2.30. The van der Waals surface area contributed by atoms with E-state index in [0.29, 0.717) is 6.61 Å². The minimum Gasteiger partial charge on any atom is -0.493 e. The molecule has 0 spiro atoms. The summed E-state index contributed by atoms with van der Waals surface area (Å²) in [5.41, 5.74) is 3.99. The lowest BCUT2D eigenvalue weighted by Crippen LogP contribution is -2.13. The van der Waals surface area contributed by atoms with Crippen molar-refractivity contribution in [2.45, 2.75) is 20.0 Å². The van der Waals surface area contributed by atoms with Gasteiger partial charge in [-0.3, -0.25) is 0 Å². The van der Waals surface area contributed by atoms with E-state index < -0.39 is 0 Å². The van der Waals surface area contributed by atoms with E-state index in [9.17, 15) is 0 Å². The number of hydrogen-bond acceptors (Lipinski definition) is 5. The van der Waals surface area contributed by atoms with Crippen LogP contribution in [0.5, 0.6) is 11.5 Å². The third-order valence-electron chi connectivity index (χ3n) is 2.67. The van der Waals surface area contributed by atoms with Crippen LogP contribution < -0.4 is 14.8 Å². The van der Waals surface area contributed by atoms with E-state index in [-0.39, 0.29) is 0 Å². The Morgan fingerprint density at radius 2 is 2.21 bits per heavy atom. The molecule has 2 aromatic rings. The molecule has 0 unspecified atom stereocenters. The van der Waals surface area contributed by atoms with Crippen molar-refractivity contribution in [2.75, 3.05) is 13.7 Å². The normalized spacial score (nSPS) is 10.4. The zero-order chi connectivity index (χ0) is 13.5. The molecule has 1 N–H and O–H groups in total. The molecule has 0 saturated carbocycles. The number of thiazole rings is 1. The zero-order valence-corrected chi connectivity index (χ0v) is 12.0. The second kappa shape index (κ2) is 7.11. The predicted molar refractivity (Wildman–Crippen MR) is 76.8 cm³/mol. The van der Waals surface area contributed by atoms with Crippen molar-refractivity contribution in [3.8, 4) is 11.5 Å². The summed E-state index contributed by atoms with van der Waals surface area (Å²) in [6.45, 7) is 4.08. The van der Waals surface area contributed by atoms with Gasteiger partial charge in [0.1, 0.15) is 0 Å². The SMILES string of the molecule is CCOc1cccc(CNCc2cscn2)c1OC. The molecule has 0 bridgehead atoms. The fourth-order valence-electron chi connectivity index (χ4n) is 1.85. The molecule has 0 aliphatic carbocycles. The van der Waals surface area contributed by atoms with E-state index in [0.717, 1.165) is 35.8 Å². The van der Waals surface area contributed by atoms with Gasteiger partial charge in [-0.2, -0.15) is 0 Å². The van der Waals surface area contributed by atoms with Crippen LogP contribution >= 0.6 is 11.3 Å². The summed E-state index contributed by atoms with van der Waals surface area (Å²) < 4.78 is 11.0. The number of benzene rings is 1. The average molecular weight is 278 g/mol. The van der Waals surface area contributed by atoms with Gasteiger partial charge in [-0.1, -0.05) is 12.1 Å². The number of rotatable bonds is 7. The van der Waals surface area contributed by atoms with Crippen molar-refractivity contribution in [3.05, 3.63) is 40.3 Å². The molecule has 1 aromatic heterocycles. The number of hydrogen-bond donors (Lipinski definition) is 1. The van der Waals surface area contributed by atoms with Crippen molar-refractivity contribution in [1.29, 1.82) is 0 Å². The minimum absolute atomic E-state index is 0.631. The second-order valence-electron chi connectivity index (χ2n) is 3.96. The van der Waals surface area contributed by atoms with Crippen LogP contribution in [-0.2, 0) is 13.1 Å². The quantitative estimate of drug-likeness (QED) is 0.846. The second-order valence-corrected chi connectivity index (χ2v) is 4.68. The Bertz CT molecular complexity index is 500. The van der Waals surface area contributed by atoms with Gasteiger partial charge in [0, 0.05) is 24.0 Å². The van der Waals surface area contributed by atoms with Gasteiger partial charge in [-0.05, 0) is 13.0 Å². The van der Waals surface area contributed by atoms with Gasteiger partial charge >= 0.3 is 0 Å². The molecule has 1 heterocycles. The summed E-state index contributed by atoms with van der Waals surface area (Å²) in [5.74, 6) is 1.59. The third-order valence-corrected chi connectivity index (χ3v) is 3.30. The first-order valence-electron chi connectivity index (χ1n) is 6.21. The monoisotopic (exact) mass is 278 g/mol. The van der Waals surface area contributed by atoms with Gasteiger partial charge in [0.2, 0.25) is 0 Å². The molecule has 0 aliphatic heterocycles. The van der Waals surface area contributed by atoms with Gasteiger partial charge in [-0.25, -0.2) is 4.98 Å². The summed E-state index contributed by atoms with van der Waals surface area (Å²) in [6.07, 6.45) is 0. The lowest BCUT2D eigenvalue weighted by molar-refractivity contribution is 0.308. The summed E-state index contributed by atoms with van der Waals surface area (Å²) >= 11 is 1.61. The van der Waals surface area contributed by atoms with Crippen LogP contribution in [0.2, 0.25) is 0 Å². The van der Waals surface area contributed by atoms with Crippen molar-refractivity contribution in [1.82, 2.24) is 10.3 Å². The fourth-order valence-corrected chi connectivity index (χ4v) is 2.41. The fraction of sp³-hybridized carbons (Fsp3) is 0.357. The molecule has 5 heteroatoms. The largest absolute Gasteiger partial charge is 0.493 e. The Morgan fingerprint density at radius 1 is 1.32 bits per heavy atom. The lowest BCUT2D eigenvalue weighted by atomic mass is 10.2. The molecule has 0 fully saturated rings. The van der Waals surface area contributed by atoms with E-state index >= 15 is 0 Å². The van der Waals surface area contributed by atoms with Gasteiger partial charge < -0.3 is 14.8 Å². The predicted octanol–water partition coefficient (Wildman–Crippen LogP) is 2.84. The molecule has 0 atom stereocenters. The number of para-hydroxylation sites is 1. The summed E-state index contributed by atoms with van der Waals surface area (Å²) in [4.78, 5) is 4.24. The molecule has 102 valence electrons. The Morgan fingerprint density at radius 3 is 2.89 bits per heavy atom. The molecule has 0 amide bonds. The van der Waals surface area contributed by atoms with Gasteiger partial charge in [0.25, 0.3) is 0 Å². The van der Waals surface area contributed by atoms with E-state index in [1.165, 1.54) is 0 Å². The molecular formula is C14H18N2O2S. The summed E-state index contributed by atoms with van der Waals surface area (Å²) in [5, 5.41) is 5.40. The minimum atomic E-state index is 0.631. The molecule has 19 heavy (non-hydrogen) atoms. The van der Waals surface area contributed by atoms with Gasteiger partial charge in [-0.15, -0.1) is 11.3 Å². The highest BCUT2D eigenvalue weighted by atomic mass is 32.1. The van der Waals surface area contributed by atoms with Crippen LogP contribution in [0.4, 0.5) is 0 Å². The highest BCUT2D eigenvalue weighted by molar-refractivity contribution is 7.07. The number of nitrogens with one attached hydrogen (secondary N) is 1. The topological polar surface area (TPSA) is 43.4 Å². The Balaban J connectivity index is 2.00. The van der Waals surface area contributed by atoms with Crippen LogP contribution in [0.15, 0.2) is 29.1 Å². The van der Waals surface area contributed by atoms with Crippen molar-refractivity contribution in [2.24, 2.45) is 0 Å². The lowest BCUT2D eigenvalue weighted by Gasteiger charge is -2.13. The van der Waals surface area contributed by atoms with E-state index in [4.69, 9.17) is 9.47 Å². The Labute approximate surface area is 117 Å². The molecule has 1 aromatic carbocycles. The van der Waals surface area contributed by atoms with Crippen molar-refractivity contribution in [3.63, 3.8) is 0 Å². The number of nitrogens with zero attached hydrogens (tertiary/aromatic N) is 1. The molecular weight excluding hydrogens is 260 g/mol. The van der Waals surface area contributed by atoms with Gasteiger partial charge in [0.05, 0.1) is 24.9 Å². The number of methoxy groups -OCH3 is 1. The van der Waals surface area contributed by atoms with Crippen LogP contribution in [0.3, 0.4) is 0 Å². The highest BCUT2D eigenvalue weighted by Gasteiger charge is 2.09. The standard InChI is InChI=1S/C14H18N2O2S/c1-3-18-13-6-4-5-11(14(13)17-2)7-15-8-12-9-19-10-16-12/h4-6,9-10,15H,3,7-8H2,1-2H3. The summed E-state index contributed by atoms with van der Waals surface area (Å²) in [7, 11) is 1.67. The maximum Gasteiger partial charge on any atom is 0.165 e. The Hall–Kier alpha value is -1.59. The van der Waals surface area contributed by atoms with Crippen LogP contribution in [-0.4, -0.2) is 18.7 Å². The number of ether oxygens (including phenoxy) is 2. The van der Waals surface area contributed by atoms with Crippen LogP contribution in [0, 0.1) is 0 Å². The zero-order valence-electron chi connectivity index (χ0n) is 11.2. The van der Waals surface area contributed by atoms with Crippen LogP contribution in [0.25, 0.3) is 0 Å². The molecule has 0 saturated heterocycles. The third kappa shape index (κ3) is 3.68. The van der Waals surface area contributed by atoms with Gasteiger partial charge in [0.15, 0.2) is 11.5 Å². The first-order chi connectivity index (χ1) is 9.35. The van der Waals surface area contributed by atoms with E-state index in [2.05, 4.69) is 10.3 Å². The summed E-state index contributed by atoms with van der Waals surface area (Å²) in [6, 6.07) is 5.94. The average Bonchev–Trinajstić information content (AvgIpc) is 2.93. The maximum atomic E-state index is 5.56. The van der Waals surface area contributed by atoms with Crippen molar-refractivity contribution >= 4 is 11.3 Å². The van der Waals surface area contributed by atoms with E-state index in [1.807, 2.05) is 36.0 Å². The molecule has 0 radical (unpaired) electrons. The van der Waals surface area contributed by atoms with Crippen LogP contribution in [0.1, 0.15) is 18.2 Å². The number of aromatic nitrogens is 1. The smallest absolute Gasteiger partial charge is 0.165 e. The Kier molecular flexibility index (Phi) is 5.18. The molecule has 2 rings (SSSR count). The maximum absolute atomic E-state index is 5.56. The molecule has 4 nitrogen and oxygen atoms in total.